The van der Waals surface area contributed by atoms with Gasteiger partial charge in [0.1, 0.15) is 0 Å². The number of rotatable bonds is 15. The summed E-state index contributed by atoms with van der Waals surface area (Å²) in [6.45, 7) is 7.21. The van der Waals surface area contributed by atoms with Crippen molar-refractivity contribution < 1.29 is 0 Å². The second-order valence-electron chi connectivity index (χ2n) is 9.54. The molecule has 216 valence electrons. The maximum Gasteiger partial charge on any atom is 0.162 e. The normalized spacial score (nSPS) is 16.8. The molecule has 1 atom stereocenters. The molecule has 5 N–H and O–H groups in total. The molecule has 0 radical (unpaired) electrons. The number of piperazine rings is 1. The highest BCUT2D eigenvalue weighted by Gasteiger charge is 2.30. The van der Waals surface area contributed by atoms with Gasteiger partial charge in [0.15, 0.2) is 29.1 Å². The molecule has 24 nitrogen and oxygen atoms in total. The van der Waals surface area contributed by atoms with Crippen LogP contribution < -0.4 is 0 Å². The number of aromatic amines is 5. The molecule has 1 fully saturated rings. The first-order chi connectivity index (χ1) is 20.3. The van der Waals surface area contributed by atoms with E-state index in [0.717, 1.165) is 32.0 Å². The highest BCUT2D eigenvalue weighted by Crippen LogP contribution is 2.16. The first-order valence-corrected chi connectivity index (χ1v) is 12.8. The van der Waals surface area contributed by atoms with Gasteiger partial charge in [-0.3, -0.25) is 19.6 Å². The Kier molecular flexibility index (Phi) is 8.39. The summed E-state index contributed by atoms with van der Waals surface area (Å²) in [5, 5.41) is 71.8. The molecule has 0 amide bonds. The molecule has 0 bridgehead atoms. The summed E-state index contributed by atoms with van der Waals surface area (Å²) in [6.07, 6.45) is 0. The van der Waals surface area contributed by atoms with E-state index in [1.807, 2.05) is 0 Å². The molecule has 41 heavy (non-hydrogen) atoms. The van der Waals surface area contributed by atoms with Crippen LogP contribution in [0.5, 0.6) is 0 Å². The van der Waals surface area contributed by atoms with Crippen LogP contribution in [0.4, 0.5) is 0 Å². The number of H-pyrrole nitrogens is 5. The van der Waals surface area contributed by atoms with Gasteiger partial charge in [-0.15, -0.1) is 25.5 Å². The van der Waals surface area contributed by atoms with Gasteiger partial charge >= 0.3 is 0 Å². The molecule has 1 unspecified atom stereocenters. The van der Waals surface area contributed by atoms with E-state index in [0.29, 0.717) is 69.1 Å². The molecule has 5 aromatic rings. The molecule has 0 saturated carbocycles. The average molecular weight is 569 g/mol. The molecule has 6 heterocycles. The molecule has 24 heteroatoms. The fraction of sp³-hybridized carbons (Fsp3) is 0.706. The van der Waals surface area contributed by atoms with E-state index in [4.69, 9.17) is 0 Å². The summed E-state index contributed by atoms with van der Waals surface area (Å²) in [4.78, 5) is 9.16. The minimum absolute atomic E-state index is 0.131. The molecule has 5 aromatic heterocycles. The van der Waals surface area contributed by atoms with Gasteiger partial charge in [-0.25, -0.2) is 25.5 Å². The lowest BCUT2D eigenvalue weighted by Gasteiger charge is -2.42. The first kappa shape index (κ1) is 26.4. The van der Waals surface area contributed by atoms with Gasteiger partial charge in [0.2, 0.25) is 0 Å². The third-order valence-corrected chi connectivity index (χ3v) is 6.68. The van der Waals surface area contributed by atoms with Gasteiger partial charge in [-0.1, -0.05) is 0 Å². The van der Waals surface area contributed by atoms with E-state index >= 15 is 0 Å². The van der Waals surface area contributed by atoms with Crippen molar-refractivity contribution in [3.8, 4) is 0 Å². The molecule has 0 spiro atoms. The first-order valence-electron chi connectivity index (χ1n) is 12.8. The SMILES string of the molecule is C(CN(Cc1nnn[nH]1)CC1CN(Cc2nnn[nH]2)CCN1Cc1nnn[nH]1)N(Cc1nnn[nH]1)Cc1nnn[nH]1. The Labute approximate surface area is 230 Å². The van der Waals surface area contributed by atoms with Crippen LogP contribution in [-0.2, 0) is 32.7 Å². The van der Waals surface area contributed by atoms with Crippen LogP contribution in [-0.4, -0.2) is 168 Å². The predicted octanol–water partition coefficient (Wildman–Crippen LogP) is -4.86. The fourth-order valence-corrected chi connectivity index (χ4v) is 4.78. The molecule has 0 aromatic carbocycles. The van der Waals surface area contributed by atoms with Crippen LogP contribution in [0.3, 0.4) is 0 Å². The van der Waals surface area contributed by atoms with Crippen LogP contribution in [0, 0.1) is 0 Å². The minimum Gasteiger partial charge on any atom is -0.293 e. The summed E-state index contributed by atoms with van der Waals surface area (Å²) in [5.41, 5.74) is 0. The maximum absolute atomic E-state index is 4.13. The smallest absolute Gasteiger partial charge is 0.162 e. The third kappa shape index (κ3) is 7.44. The van der Waals surface area contributed by atoms with E-state index in [1.54, 1.807) is 0 Å². The van der Waals surface area contributed by atoms with Crippen molar-refractivity contribution in [3.63, 3.8) is 0 Å². The van der Waals surface area contributed by atoms with Crippen LogP contribution in [0.1, 0.15) is 29.1 Å². The Balaban J connectivity index is 1.17. The number of aromatic nitrogens is 20. The predicted molar refractivity (Wildman–Crippen MR) is 130 cm³/mol. The van der Waals surface area contributed by atoms with Crippen molar-refractivity contribution in [3.05, 3.63) is 29.1 Å². The second kappa shape index (κ2) is 13.0. The Morgan fingerprint density at radius 3 is 1.54 bits per heavy atom. The van der Waals surface area contributed by atoms with Crippen LogP contribution in [0.15, 0.2) is 0 Å². The summed E-state index contributed by atoms with van der Waals surface area (Å²) < 4.78 is 0. The third-order valence-electron chi connectivity index (χ3n) is 6.68. The second-order valence-corrected chi connectivity index (χ2v) is 9.54. The van der Waals surface area contributed by atoms with Gasteiger partial charge in [0, 0.05) is 45.3 Å². The van der Waals surface area contributed by atoms with Crippen molar-refractivity contribution in [2.45, 2.75) is 38.8 Å². The average Bonchev–Trinajstić information content (AvgIpc) is 3.80. The maximum atomic E-state index is 4.13. The van der Waals surface area contributed by atoms with Gasteiger partial charge < -0.3 is 0 Å². The molecule has 0 aliphatic carbocycles. The molecule has 1 aliphatic heterocycles. The highest BCUT2D eigenvalue weighted by molar-refractivity contribution is 4.91. The molecule has 1 aliphatic rings. The van der Waals surface area contributed by atoms with Crippen molar-refractivity contribution in [1.82, 2.24) is 123 Å². The van der Waals surface area contributed by atoms with Gasteiger partial charge in [-0.05, 0) is 52.1 Å². The summed E-state index contributed by atoms with van der Waals surface area (Å²) in [7, 11) is 0. The number of hydrogen-bond donors (Lipinski definition) is 5. The van der Waals surface area contributed by atoms with Crippen LogP contribution in [0.25, 0.3) is 0 Å². The Morgan fingerprint density at radius 1 is 0.561 bits per heavy atom. The molecular weight excluding hydrogens is 540 g/mol. The Morgan fingerprint density at radius 2 is 1.02 bits per heavy atom. The van der Waals surface area contributed by atoms with E-state index in [-0.39, 0.29) is 6.04 Å². The Hall–Kier alpha value is -4.81. The molecule has 1 saturated heterocycles. The van der Waals surface area contributed by atoms with Gasteiger partial charge in [-0.2, -0.15) is 0 Å². The van der Waals surface area contributed by atoms with Crippen LogP contribution >= 0.6 is 0 Å². The van der Waals surface area contributed by atoms with Crippen molar-refractivity contribution in [2.75, 3.05) is 39.3 Å². The topological polar surface area (TPSA) is 285 Å². The van der Waals surface area contributed by atoms with E-state index < -0.39 is 0 Å². The van der Waals surface area contributed by atoms with Crippen molar-refractivity contribution >= 4 is 0 Å². The fourth-order valence-electron chi connectivity index (χ4n) is 4.78. The zero-order valence-corrected chi connectivity index (χ0v) is 21.9. The summed E-state index contributed by atoms with van der Waals surface area (Å²) in [6, 6.07) is 0.131. The summed E-state index contributed by atoms with van der Waals surface area (Å²) in [5.74, 6) is 3.38. The van der Waals surface area contributed by atoms with Crippen molar-refractivity contribution in [2.24, 2.45) is 0 Å². The van der Waals surface area contributed by atoms with E-state index in [2.05, 4.69) is 123 Å². The Bertz CT molecular complexity index is 1310. The molecular formula is C17H28N24. The van der Waals surface area contributed by atoms with E-state index in [1.165, 1.54) is 0 Å². The van der Waals surface area contributed by atoms with E-state index in [9.17, 15) is 0 Å². The highest BCUT2D eigenvalue weighted by atomic mass is 15.5. The zero-order valence-electron chi connectivity index (χ0n) is 21.9. The standard InChI is InChI=1S/C17H28N24/c1(2-40(9-15-22-32-33-23-15)10-16-24-34-35-25-16)38(7-13-18-28-29-19-13)5-12-6-39(8-14-20-30-31-21-14)3-4-41(12)11-17-26-36-37-27-17/h12H,1-11H2,(H,18,19,28,29)(H,20,21,30,31)(H,22,23,32,33)(H,24,25,34,35)(H,26,27,36,37). The minimum atomic E-state index is 0.131. The zero-order chi connectivity index (χ0) is 27.7. The quantitative estimate of drug-likeness (QED) is 0.0790. The largest absolute Gasteiger partial charge is 0.293 e. The van der Waals surface area contributed by atoms with Gasteiger partial charge in [0.05, 0.1) is 32.7 Å². The monoisotopic (exact) mass is 568 g/mol. The molecule has 6 rings (SSSR count). The lowest BCUT2D eigenvalue weighted by Crippen LogP contribution is -2.56. The lowest BCUT2D eigenvalue weighted by atomic mass is 10.1. The van der Waals surface area contributed by atoms with Crippen LogP contribution in [0.2, 0.25) is 0 Å². The van der Waals surface area contributed by atoms with Crippen molar-refractivity contribution in [1.29, 1.82) is 0 Å². The summed E-state index contributed by atoms with van der Waals surface area (Å²) >= 11 is 0. The lowest BCUT2D eigenvalue weighted by molar-refractivity contribution is 0.0344. The number of hydrogen-bond acceptors (Lipinski definition) is 19. The number of nitrogens with one attached hydrogen (secondary N) is 5. The number of nitrogens with zero attached hydrogens (tertiary/aromatic N) is 19. The number of tetrazole rings is 5. The van der Waals surface area contributed by atoms with Gasteiger partial charge in [0.25, 0.3) is 0 Å².